The predicted molar refractivity (Wildman–Crippen MR) is 109 cm³/mol. The molecule has 0 spiro atoms. The van der Waals surface area contributed by atoms with Crippen molar-refractivity contribution in [3.63, 3.8) is 0 Å². The van der Waals surface area contributed by atoms with E-state index < -0.39 is 5.97 Å². The van der Waals surface area contributed by atoms with Gasteiger partial charge in [-0.15, -0.1) is 11.3 Å². The molecule has 6 heteroatoms. The van der Waals surface area contributed by atoms with Gasteiger partial charge in [0.05, 0.1) is 13.2 Å². The highest BCUT2D eigenvalue weighted by Crippen LogP contribution is 2.26. The molecule has 1 amide bonds. The molecule has 0 saturated carbocycles. The zero-order valence-electron chi connectivity index (χ0n) is 15.7. The Hall–Kier alpha value is -3.12. The molecule has 1 heterocycles. The molecule has 3 aromatic rings. The molecule has 0 radical (unpaired) electrons. The maximum absolute atomic E-state index is 12.5. The second-order valence-corrected chi connectivity index (χ2v) is 7.19. The van der Waals surface area contributed by atoms with Crippen LogP contribution in [-0.2, 0) is 9.53 Å². The van der Waals surface area contributed by atoms with Gasteiger partial charge in [0, 0.05) is 4.88 Å². The number of thiophene rings is 1. The van der Waals surface area contributed by atoms with Crippen LogP contribution >= 0.6 is 11.3 Å². The number of hydrogen-bond donors (Lipinski definition) is 1. The Morgan fingerprint density at radius 2 is 1.86 bits per heavy atom. The first-order chi connectivity index (χ1) is 13.6. The summed E-state index contributed by atoms with van der Waals surface area (Å²) in [6.07, 6.45) is 0. The minimum absolute atomic E-state index is 0.291. The van der Waals surface area contributed by atoms with Gasteiger partial charge in [-0.2, -0.15) is 0 Å². The normalized spacial score (nSPS) is 11.5. The maximum Gasteiger partial charge on any atom is 0.342 e. The molecule has 1 N–H and O–H groups in total. The minimum Gasteiger partial charge on any atom is -0.496 e. The summed E-state index contributed by atoms with van der Waals surface area (Å²) in [5, 5.41) is 4.91. The number of carbonyl (C=O) groups excluding carboxylic acids is 2. The van der Waals surface area contributed by atoms with Crippen LogP contribution in [0.1, 0.15) is 32.4 Å². The third kappa shape index (κ3) is 4.78. The number of aryl methyl sites for hydroxylation is 1. The monoisotopic (exact) mass is 395 g/mol. The van der Waals surface area contributed by atoms with Gasteiger partial charge in [-0.25, -0.2) is 4.79 Å². The maximum atomic E-state index is 12.5. The number of amides is 1. The molecule has 1 aromatic heterocycles. The highest BCUT2D eigenvalue weighted by molar-refractivity contribution is 7.10. The first-order valence-corrected chi connectivity index (χ1v) is 9.66. The van der Waals surface area contributed by atoms with E-state index in [0.717, 1.165) is 16.0 Å². The predicted octanol–water partition coefficient (Wildman–Crippen LogP) is 4.13. The molecule has 144 valence electrons. The van der Waals surface area contributed by atoms with Crippen LogP contribution < -0.4 is 10.1 Å². The average molecular weight is 395 g/mol. The lowest BCUT2D eigenvalue weighted by atomic mass is 10.1. The third-order valence-corrected chi connectivity index (χ3v) is 5.11. The van der Waals surface area contributed by atoms with E-state index in [1.165, 1.54) is 7.11 Å². The first-order valence-electron chi connectivity index (χ1n) is 8.78. The van der Waals surface area contributed by atoms with Crippen LogP contribution in [0.25, 0.3) is 0 Å². The van der Waals surface area contributed by atoms with Gasteiger partial charge in [0.15, 0.2) is 6.61 Å². The molecule has 1 atom stereocenters. The summed E-state index contributed by atoms with van der Waals surface area (Å²) in [6.45, 7) is 1.50. The Balaban J connectivity index is 1.67. The van der Waals surface area contributed by atoms with Gasteiger partial charge in [-0.05, 0) is 36.1 Å². The lowest BCUT2D eigenvalue weighted by Gasteiger charge is -2.18. The lowest BCUT2D eigenvalue weighted by molar-refractivity contribution is -0.124. The summed E-state index contributed by atoms with van der Waals surface area (Å²) in [5.74, 6) is -0.554. The van der Waals surface area contributed by atoms with Crippen LogP contribution in [0, 0.1) is 6.92 Å². The molecule has 2 aromatic carbocycles. The fourth-order valence-corrected chi connectivity index (χ4v) is 3.62. The second-order valence-electron chi connectivity index (χ2n) is 6.21. The SMILES string of the molecule is COc1ccc(C)cc1C(=O)OCC(=O)N[C@@H](c1ccccc1)c1cccs1. The Kier molecular flexibility index (Phi) is 6.45. The molecule has 0 fully saturated rings. The number of esters is 1. The third-order valence-electron chi connectivity index (χ3n) is 4.18. The van der Waals surface area contributed by atoms with Crippen molar-refractivity contribution in [1.29, 1.82) is 0 Å². The van der Waals surface area contributed by atoms with Gasteiger partial charge in [-0.1, -0.05) is 48.0 Å². The van der Waals surface area contributed by atoms with E-state index in [0.29, 0.717) is 11.3 Å². The van der Waals surface area contributed by atoms with Crippen LogP contribution in [0.3, 0.4) is 0 Å². The van der Waals surface area contributed by atoms with Crippen molar-refractivity contribution in [2.45, 2.75) is 13.0 Å². The molecule has 3 rings (SSSR count). The summed E-state index contributed by atoms with van der Waals surface area (Å²) in [7, 11) is 1.49. The van der Waals surface area contributed by atoms with E-state index in [1.54, 1.807) is 23.5 Å². The largest absolute Gasteiger partial charge is 0.496 e. The fourth-order valence-electron chi connectivity index (χ4n) is 2.81. The van der Waals surface area contributed by atoms with E-state index >= 15 is 0 Å². The smallest absolute Gasteiger partial charge is 0.342 e. The van der Waals surface area contributed by atoms with E-state index in [2.05, 4.69) is 5.32 Å². The van der Waals surface area contributed by atoms with Crippen molar-refractivity contribution in [1.82, 2.24) is 5.32 Å². The summed E-state index contributed by atoms with van der Waals surface area (Å²) in [4.78, 5) is 25.9. The molecule has 0 unspecified atom stereocenters. The van der Waals surface area contributed by atoms with Gasteiger partial charge in [-0.3, -0.25) is 4.79 Å². The standard InChI is InChI=1S/C22H21NO4S/c1-15-10-11-18(26-2)17(13-15)22(25)27-14-20(24)23-21(19-9-6-12-28-19)16-7-4-3-5-8-16/h3-13,21H,14H2,1-2H3,(H,23,24)/t21-/m0/s1. The summed E-state index contributed by atoms with van der Waals surface area (Å²) >= 11 is 1.56. The van der Waals surface area contributed by atoms with Crippen molar-refractivity contribution in [2.24, 2.45) is 0 Å². The van der Waals surface area contributed by atoms with Crippen molar-refractivity contribution >= 4 is 23.2 Å². The first kappa shape index (κ1) is 19.6. The number of methoxy groups -OCH3 is 1. The molecule has 5 nitrogen and oxygen atoms in total. The van der Waals surface area contributed by atoms with Crippen molar-refractivity contribution in [2.75, 3.05) is 13.7 Å². The van der Waals surface area contributed by atoms with Crippen molar-refractivity contribution in [3.05, 3.63) is 87.6 Å². The second kappa shape index (κ2) is 9.19. The molecule has 0 aliphatic carbocycles. The van der Waals surface area contributed by atoms with Crippen LogP contribution in [0.4, 0.5) is 0 Å². The summed E-state index contributed by atoms with van der Waals surface area (Å²) < 4.78 is 10.4. The van der Waals surface area contributed by atoms with E-state index in [-0.39, 0.29) is 18.6 Å². The minimum atomic E-state index is -0.594. The van der Waals surface area contributed by atoms with Gasteiger partial charge in [0.2, 0.25) is 0 Å². The van der Waals surface area contributed by atoms with E-state index in [9.17, 15) is 9.59 Å². The van der Waals surface area contributed by atoms with Crippen LogP contribution in [0.15, 0.2) is 66.0 Å². The van der Waals surface area contributed by atoms with Gasteiger partial charge < -0.3 is 14.8 Å². The number of carbonyl (C=O) groups is 2. The molecule has 0 bridgehead atoms. The lowest BCUT2D eigenvalue weighted by Crippen LogP contribution is -2.32. The molecular weight excluding hydrogens is 374 g/mol. The zero-order chi connectivity index (χ0) is 19.9. The molecule has 0 aliphatic heterocycles. The Morgan fingerprint density at radius 1 is 1.07 bits per heavy atom. The summed E-state index contributed by atoms with van der Waals surface area (Å²) in [5.41, 5.74) is 2.16. The molecular formula is C22H21NO4S. The van der Waals surface area contributed by atoms with E-state index in [4.69, 9.17) is 9.47 Å². The number of benzene rings is 2. The molecule has 28 heavy (non-hydrogen) atoms. The van der Waals surface area contributed by atoms with E-state index in [1.807, 2.05) is 60.8 Å². The Bertz CT molecular complexity index is 938. The number of hydrogen-bond acceptors (Lipinski definition) is 5. The highest BCUT2D eigenvalue weighted by atomic mass is 32.1. The summed E-state index contributed by atoms with van der Waals surface area (Å²) in [6, 6.07) is 18.5. The van der Waals surface area contributed by atoms with Gasteiger partial charge in [0.1, 0.15) is 11.3 Å². The van der Waals surface area contributed by atoms with Crippen molar-refractivity contribution < 1.29 is 19.1 Å². The van der Waals surface area contributed by atoms with Crippen molar-refractivity contribution in [3.8, 4) is 5.75 Å². The van der Waals surface area contributed by atoms with Crippen LogP contribution in [-0.4, -0.2) is 25.6 Å². The number of rotatable bonds is 7. The number of nitrogens with one attached hydrogen (secondary N) is 1. The fraction of sp³-hybridized carbons (Fsp3) is 0.182. The zero-order valence-corrected chi connectivity index (χ0v) is 16.5. The van der Waals surface area contributed by atoms with Crippen LogP contribution in [0.2, 0.25) is 0 Å². The molecule has 0 aliphatic rings. The average Bonchev–Trinajstić information content (AvgIpc) is 3.25. The topological polar surface area (TPSA) is 64.6 Å². The quantitative estimate of drug-likeness (QED) is 0.611. The Labute approximate surface area is 167 Å². The van der Waals surface area contributed by atoms with Gasteiger partial charge in [0.25, 0.3) is 5.91 Å². The number of ether oxygens (including phenoxy) is 2. The van der Waals surface area contributed by atoms with Crippen LogP contribution in [0.5, 0.6) is 5.75 Å². The Morgan fingerprint density at radius 3 is 2.54 bits per heavy atom. The molecule has 0 saturated heterocycles. The van der Waals surface area contributed by atoms with Gasteiger partial charge >= 0.3 is 5.97 Å². The highest BCUT2D eigenvalue weighted by Gasteiger charge is 2.20.